The minimum absolute atomic E-state index is 0.00634. The molecule has 4 amide bonds. The number of furan rings is 1. The van der Waals surface area contributed by atoms with E-state index in [9.17, 15) is 19.2 Å². The van der Waals surface area contributed by atoms with Crippen LogP contribution in [0.25, 0.3) is 6.08 Å². The summed E-state index contributed by atoms with van der Waals surface area (Å²) in [5.41, 5.74) is 0.194. The molecular formula is C25H18Cl2N2O8. The molecule has 1 N–H and O–H groups in total. The van der Waals surface area contributed by atoms with Crippen LogP contribution in [0.5, 0.6) is 11.5 Å². The van der Waals surface area contributed by atoms with Crippen LogP contribution in [-0.2, 0) is 20.9 Å². The molecule has 190 valence electrons. The number of rotatable bonds is 7. The van der Waals surface area contributed by atoms with E-state index < -0.39 is 23.8 Å². The van der Waals surface area contributed by atoms with Gasteiger partial charge in [-0.3, -0.25) is 14.9 Å². The van der Waals surface area contributed by atoms with Crippen molar-refractivity contribution in [3.8, 4) is 11.5 Å². The van der Waals surface area contributed by atoms with Crippen molar-refractivity contribution < 1.29 is 37.8 Å². The largest absolute Gasteiger partial charge is 0.493 e. The molecule has 1 saturated heterocycles. The van der Waals surface area contributed by atoms with Crippen LogP contribution >= 0.6 is 23.2 Å². The van der Waals surface area contributed by atoms with E-state index in [1.807, 2.05) is 0 Å². The number of imide groups is 2. The highest BCUT2D eigenvalue weighted by Crippen LogP contribution is 2.33. The number of esters is 1. The fourth-order valence-corrected chi connectivity index (χ4v) is 3.91. The summed E-state index contributed by atoms with van der Waals surface area (Å²) in [7, 11) is 2.66. The van der Waals surface area contributed by atoms with Crippen LogP contribution in [0, 0.1) is 0 Å². The van der Waals surface area contributed by atoms with Crippen molar-refractivity contribution in [1.82, 2.24) is 5.32 Å². The van der Waals surface area contributed by atoms with Crippen LogP contribution in [0.2, 0.25) is 10.0 Å². The first-order valence-corrected chi connectivity index (χ1v) is 11.3. The number of nitrogens with zero attached hydrogens (tertiary/aromatic N) is 1. The molecule has 0 spiro atoms. The van der Waals surface area contributed by atoms with E-state index in [1.54, 1.807) is 24.3 Å². The molecule has 1 aliphatic rings. The van der Waals surface area contributed by atoms with Gasteiger partial charge in [0.2, 0.25) is 5.76 Å². The average molecular weight is 545 g/mol. The lowest BCUT2D eigenvalue weighted by molar-refractivity contribution is -0.122. The van der Waals surface area contributed by atoms with Crippen LogP contribution < -0.4 is 19.7 Å². The Balaban J connectivity index is 1.57. The van der Waals surface area contributed by atoms with E-state index in [2.05, 4.69) is 10.1 Å². The fraction of sp³-hybridized carbons (Fsp3) is 0.120. The van der Waals surface area contributed by atoms with E-state index >= 15 is 0 Å². The number of methoxy groups -OCH3 is 2. The quantitative estimate of drug-likeness (QED) is 0.259. The number of urea groups is 1. The Morgan fingerprint density at radius 1 is 1.03 bits per heavy atom. The molecule has 37 heavy (non-hydrogen) atoms. The molecule has 0 atom stereocenters. The minimum Gasteiger partial charge on any atom is -0.493 e. The topological polar surface area (TPSA) is 124 Å². The Hall–Kier alpha value is -4.28. The lowest BCUT2D eigenvalue weighted by Gasteiger charge is -2.27. The number of benzene rings is 2. The number of barbiturate groups is 1. The first-order valence-electron chi connectivity index (χ1n) is 10.6. The third-order valence-corrected chi connectivity index (χ3v) is 5.71. The summed E-state index contributed by atoms with van der Waals surface area (Å²) in [5.74, 6) is -1.29. The number of anilines is 1. The molecule has 12 heteroatoms. The normalized spacial score (nSPS) is 14.5. The van der Waals surface area contributed by atoms with Gasteiger partial charge in [0.05, 0.1) is 24.9 Å². The van der Waals surface area contributed by atoms with Gasteiger partial charge in [-0.1, -0.05) is 29.3 Å². The molecule has 0 radical (unpaired) electrons. The van der Waals surface area contributed by atoms with Gasteiger partial charge in [-0.25, -0.2) is 14.5 Å². The zero-order valence-corrected chi connectivity index (χ0v) is 20.9. The summed E-state index contributed by atoms with van der Waals surface area (Å²) >= 11 is 12.1. The lowest BCUT2D eigenvalue weighted by Crippen LogP contribution is -2.54. The first-order chi connectivity index (χ1) is 17.7. The summed E-state index contributed by atoms with van der Waals surface area (Å²) < 4.78 is 21.1. The van der Waals surface area contributed by atoms with Gasteiger partial charge >= 0.3 is 12.0 Å². The van der Waals surface area contributed by atoms with Gasteiger partial charge in [0.25, 0.3) is 11.8 Å². The summed E-state index contributed by atoms with van der Waals surface area (Å²) in [5, 5.41) is 2.51. The van der Waals surface area contributed by atoms with Crippen molar-refractivity contribution in [3.05, 3.63) is 81.2 Å². The van der Waals surface area contributed by atoms with Gasteiger partial charge < -0.3 is 18.6 Å². The summed E-state index contributed by atoms with van der Waals surface area (Å²) in [6.45, 7) is -0.00634. The zero-order valence-electron chi connectivity index (χ0n) is 19.4. The van der Waals surface area contributed by atoms with Crippen LogP contribution in [-0.4, -0.2) is 38.0 Å². The van der Waals surface area contributed by atoms with E-state index in [0.29, 0.717) is 27.8 Å². The molecule has 1 fully saturated rings. The van der Waals surface area contributed by atoms with Crippen molar-refractivity contribution in [1.29, 1.82) is 0 Å². The Kier molecular flexibility index (Phi) is 7.51. The van der Waals surface area contributed by atoms with Gasteiger partial charge in [0, 0.05) is 5.02 Å². The number of carbonyl (C=O) groups is 4. The van der Waals surface area contributed by atoms with Gasteiger partial charge in [-0.2, -0.15) is 0 Å². The van der Waals surface area contributed by atoms with Crippen molar-refractivity contribution in [2.24, 2.45) is 0 Å². The zero-order chi connectivity index (χ0) is 26.7. The van der Waals surface area contributed by atoms with Crippen molar-refractivity contribution in [3.63, 3.8) is 0 Å². The molecule has 1 aliphatic heterocycles. The summed E-state index contributed by atoms with van der Waals surface area (Å²) in [6.07, 6.45) is 1.31. The van der Waals surface area contributed by atoms with E-state index in [0.717, 1.165) is 4.90 Å². The molecule has 1 aromatic heterocycles. The monoisotopic (exact) mass is 544 g/mol. The van der Waals surface area contributed by atoms with E-state index in [-0.39, 0.29) is 28.7 Å². The Bertz CT molecular complexity index is 1450. The standard InChI is InChI=1S/C25H18Cl2N2O8/c1-34-21-10-13(3-7-19(21)36-12-15-5-8-20(37-15)24(32)35-2)9-16-22(30)28-25(33)29(23(16)31)18-6-4-14(26)11-17(18)27/h3-11H,12H2,1-2H3,(H,28,30,33). The Labute approximate surface area is 220 Å². The third kappa shape index (κ3) is 5.45. The Morgan fingerprint density at radius 3 is 2.51 bits per heavy atom. The second kappa shape index (κ2) is 10.8. The third-order valence-electron chi connectivity index (χ3n) is 5.17. The number of amides is 4. The van der Waals surface area contributed by atoms with Gasteiger partial charge in [0.15, 0.2) is 11.5 Å². The molecule has 2 aromatic carbocycles. The molecule has 10 nitrogen and oxygen atoms in total. The number of nitrogens with one attached hydrogen (secondary N) is 1. The minimum atomic E-state index is -0.939. The van der Waals surface area contributed by atoms with Crippen molar-refractivity contribution in [2.75, 3.05) is 19.1 Å². The predicted molar refractivity (Wildman–Crippen MR) is 133 cm³/mol. The number of halogens is 2. The van der Waals surface area contributed by atoms with Gasteiger partial charge in [-0.05, 0) is 54.1 Å². The van der Waals surface area contributed by atoms with Crippen LogP contribution in [0.1, 0.15) is 21.9 Å². The highest BCUT2D eigenvalue weighted by molar-refractivity contribution is 6.42. The lowest BCUT2D eigenvalue weighted by atomic mass is 10.1. The maximum atomic E-state index is 13.1. The van der Waals surface area contributed by atoms with Gasteiger partial charge in [-0.15, -0.1) is 0 Å². The van der Waals surface area contributed by atoms with Crippen molar-refractivity contribution in [2.45, 2.75) is 6.61 Å². The highest BCUT2D eigenvalue weighted by atomic mass is 35.5. The summed E-state index contributed by atoms with van der Waals surface area (Å²) in [4.78, 5) is 50.3. The molecule has 4 rings (SSSR count). The molecule has 0 unspecified atom stereocenters. The number of hydrogen-bond donors (Lipinski definition) is 1. The maximum Gasteiger partial charge on any atom is 0.373 e. The van der Waals surface area contributed by atoms with Crippen LogP contribution in [0.3, 0.4) is 0 Å². The number of ether oxygens (including phenoxy) is 3. The van der Waals surface area contributed by atoms with E-state index in [4.69, 9.17) is 37.1 Å². The molecule has 0 bridgehead atoms. The molecule has 0 saturated carbocycles. The SMILES string of the molecule is COC(=O)c1ccc(COc2ccc(C=C3C(=O)NC(=O)N(c4ccc(Cl)cc4Cl)C3=O)cc2OC)o1. The average Bonchev–Trinajstić information content (AvgIpc) is 3.35. The van der Waals surface area contributed by atoms with Gasteiger partial charge in [0.1, 0.15) is 17.9 Å². The van der Waals surface area contributed by atoms with Crippen LogP contribution in [0.15, 0.2) is 58.5 Å². The molecule has 2 heterocycles. The van der Waals surface area contributed by atoms with Crippen LogP contribution in [0.4, 0.5) is 10.5 Å². The number of carbonyl (C=O) groups excluding carboxylic acids is 4. The molecule has 3 aromatic rings. The second-order valence-corrected chi connectivity index (χ2v) is 8.35. The first kappa shape index (κ1) is 25.8. The Morgan fingerprint density at radius 2 is 1.81 bits per heavy atom. The van der Waals surface area contributed by atoms with E-state index in [1.165, 1.54) is 44.6 Å². The maximum absolute atomic E-state index is 13.1. The fourth-order valence-electron chi connectivity index (χ4n) is 3.41. The molecular weight excluding hydrogens is 527 g/mol. The summed E-state index contributed by atoms with van der Waals surface area (Å²) in [6, 6.07) is 11.0. The smallest absolute Gasteiger partial charge is 0.373 e. The second-order valence-electron chi connectivity index (χ2n) is 7.51. The number of hydrogen-bond acceptors (Lipinski definition) is 8. The highest BCUT2D eigenvalue weighted by Gasteiger charge is 2.37. The predicted octanol–water partition coefficient (Wildman–Crippen LogP) is 4.63. The molecule has 0 aliphatic carbocycles. The van der Waals surface area contributed by atoms with Crippen molar-refractivity contribution >= 4 is 58.8 Å².